The molecule has 13 heavy (non-hydrogen) atoms. The second kappa shape index (κ2) is 4.13. The van der Waals surface area contributed by atoms with Crippen LogP contribution in [0.15, 0.2) is 28.0 Å². The zero-order valence-electron chi connectivity index (χ0n) is 6.69. The third kappa shape index (κ3) is 2.80. The Morgan fingerprint density at radius 2 is 2.08 bits per heavy atom. The molecule has 0 heterocycles. The van der Waals surface area contributed by atoms with Crippen LogP contribution in [0.5, 0.6) is 0 Å². The van der Waals surface area contributed by atoms with Crippen molar-refractivity contribution in [2.24, 2.45) is 0 Å². The smallest absolute Gasteiger partial charge is 0.175 e. The standard InChI is InChI=1S/C7H7ClO2S3/c1-13(9,10)5-2-3-7(12-11)6(8)4-5/h2-4,11H,1H3. The molecule has 0 fully saturated rings. The van der Waals surface area contributed by atoms with Gasteiger partial charge in [0.05, 0.1) is 9.92 Å². The number of hydrogen-bond donors (Lipinski definition) is 1. The normalized spacial score (nSPS) is 11.6. The van der Waals surface area contributed by atoms with E-state index < -0.39 is 9.84 Å². The molecule has 0 unspecified atom stereocenters. The lowest BCUT2D eigenvalue weighted by molar-refractivity contribution is 0.602. The first-order valence-electron chi connectivity index (χ1n) is 3.26. The highest BCUT2D eigenvalue weighted by Gasteiger charge is 2.09. The quantitative estimate of drug-likeness (QED) is 0.651. The number of halogens is 1. The van der Waals surface area contributed by atoms with E-state index in [-0.39, 0.29) is 4.90 Å². The zero-order chi connectivity index (χ0) is 10.1. The molecule has 0 aliphatic rings. The largest absolute Gasteiger partial charge is 0.224 e. The van der Waals surface area contributed by atoms with Crippen LogP contribution in [-0.2, 0) is 9.84 Å². The summed E-state index contributed by atoms with van der Waals surface area (Å²) >= 11 is 9.77. The van der Waals surface area contributed by atoms with E-state index in [2.05, 4.69) is 11.7 Å². The van der Waals surface area contributed by atoms with Gasteiger partial charge < -0.3 is 0 Å². The molecule has 72 valence electrons. The van der Waals surface area contributed by atoms with Gasteiger partial charge in [-0.1, -0.05) is 22.4 Å². The lowest BCUT2D eigenvalue weighted by Gasteiger charge is -2.02. The maximum absolute atomic E-state index is 11.1. The minimum Gasteiger partial charge on any atom is -0.224 e. The number of hydrogen-bond acceptors (Lipinski definition) is 4. The van der Waals surface area contributed by atoms with Crippen LogP contribution in [0.3, 0.4) is 0 Å². The van der Waals surface area contributed by atoms with E-state index >= 15 is 0 Å². The second-order valence-electron chi connectivity index (χ2n) is 2.46. The van der Waals surface area contributed by atoms with Gasteiger partial charge in [0.1, 0.15) is 0 Å². The summed E-state index contributed by atoms with van der Waals surface area (Å²) in [5.41, 5.74) is 0. The monoisotopic (exact) mass is 254 g/mol. The van der Waals surface area contributed by atoms with E-state index in [1.807, 2.05) is 0 Å². The summed E-state index contributed by atoms with van der Waals surface area (Å²) in [6.45, 7) is 0. The van der Waals surface area contributed by atoms with Gasteiger partial charge in [-0.3, -0.25) is 0 Å². The maximum Gasteiger partial charge on any atom is 0.175 e. The summed E-state index contributed by atoms with van der Waals surface area (Å²) in [5.74, 6) is 0. The molecule has 0 saturated carbocycles. The van der Waals surface area contributed by atoms with Crippen LogP contribution in [0.1, 0.15) is 0 Å². The third-order valence-electron chi connectivity index (χ3n) is 1.43. The lowest BCUT2D eigenvalue weighted by Crippen LogP contribution is -1.96. The number of sulfone groups is 1. The zero-order valence-corrected chi connectivity index (χ0v) is 9.97. The topological polar surface area (TPSA) is 34.1 Å². The van der Waals surface area contributed by atoms with Crippen molar-refractivity contribution < 1.29 is 8.42 Å². The Balaban J connectivity index is 3.26. The number of benzene rings is 1. The highest BCUT2D eigenvalue weighted by atomic mass is 35.5. The van der Waals surface area contributed by atoms with E-state index in [1.54, 1.807) is 6.07 Å². The first kappa shape index (κ1) is 11.2. The highest BCUT2D eigenvalue weighted by molar-refractivity contribution is 8.68. The number of thiol groups is 1. The molecule has 0 radical (unpaired) electrons. The van der Waals surface area contributed by atoms with Crippen LogP contribution in [0.2, 0.25) is 5.02 Å². The van der Waals surface area contributed by atoms with Gasteiger partial charge in [-0.15, -0.1) is 11.7 Å². The predicted octanol–water partition coefficient (Wildman–Crippen LogP) is 2.68. The maximum atomic E-state index is 11.1. The SMILES string of the molecule is CS(=O)(=O)c1ccc(SS)c(Cl)c1. The van der Waals surface area contributed by atoms with E-state index in [9.17, 15) is 8.42 Å². The molecular weight excluding hydrogens is 248 g/mol. The van der Waals surface area contributed by atoms with E-state index in [0.29, 0.717) is 5.02 Å². The summed E-state index contributed by atoms with van der Waals surface area (Å²) in [6, 6.07) is 4.57. The van der Waals surface area contributed by atoms with Gasteiger partial charge >= 0.3 is 0 Å². The molecule has 0 atom stereocenters. The van der Waals surface area contributed by atoms with Crippen molar-refractivity contribution in [1.29, 1.82) is 0 Å². The fourth-order valence-electron chi connectivity index (χ4n) is 0.786. The van der Waals surface area contributed by atoms with E-state index in [4.69, 9.17) is 11.6 Å². The van der Waals surface area contributed by atoms with Gasteiger partial charge in [-0.2, -0.15) is 0 Å². The van der Waals surface area contributed by atoms with Crippen LogP contribution in [0.4, 0.5) is 0 Å². The highest BCUT2D eigenvalue weighted by Crippen LogP contribution is 2.31. The summed E-state index contributed by atoms with van der Waals surface area (Å²) in [7, 11) is -1.99. The van der Waals surface area contributed by atoms with Crippen LogP contribution < -0.4 is 0 Å². The average molecular weight is 255 g/mol. The van der Waals surface area contributed by atoms with Crippen molar-refractivity contribution in [1.82, 2.24) is 0 Å². The molecule has 0 amide bonds. The summed E-state index contributed by atoms with van der Waals surface area (Å²) in [5, 5.41) is 0.405. The molecule has 1 aromatic rings. The third-order valence-corrected chi connectivity index (χ3v) is 4.11. The van der Waals surface area contributed by atoms with Crippen LogP contribution in [-0.4, -0.2) is 14.7 Å². The minimum absolute atomic E-state index is 0.226. The van der Waals surface area contributed by atoms with Gasteiger partial charge in [0.2, 0.25) is 0 Å². The van der Waals surface area contributed by atoms with Crippen molar-refractivity contribution >= 4 is 43.9 Å². The summed E-state index contributed by atoms with van der Waals surface area (Å²) in [6.07, 6.45) is 1.15. The molecule has 0 saturated heterocycles. The molecule has 0 bridgehead atoms. The van der Waals surface area contributed by atoms with E-state index in [1.165, 1.54) is 22.9 Å². The van der Waals surface area contributed by atoms with Crippen molar-refractivity contribution in [3.8, 4) is 0 Å². The Morgan fingerprint density at radius 1 is 1.46 bits per heavy atom. The summed E-state index contributed by atoms with van der Waals surface area (Å²) in [4.78, 5) is 0.973. The molecule has 0 aliphatic heterocycles. The van der Waals surface area contributed by atoms with Crippen LogP contribution >= 0.6 is 34.1 Å². The van der Waals surface area contributed by atoms with Gasteiger partial charge in [0.15, 0.2) is 9.84 Å². The first-order chi connectivity index (χ1) is 5.95. The molecule has 6 heteroatoms. The Kier molecular flexibility index (Phi) is 3.57. The van der Waals surface area contributed by atoms with Crippen molar-refractivity contribution in [2.75, 3.05) is 6.26 Å². The summed E-state index contributed by atoms with van der Waals surface area (Å²) < 4.78 is 22.2. The average Bonchev–Trinajstić information content (AvgIpc) is 2.02. The molecule has 0 N–H and O–H groups in total. The molecule has 0 aromatic heterocycles. The fourth-order valence-corrected chi connectivity index (χ4v) is 2.71. The van der Waals surface area contributed by atoms with Gasteiger partial charge in [0, 0.05) is 11.2 Å². The molecule has 0 spiro atoms. The molecule has 0 aliphatic carbocycles. The molecule has 1 aromatic carbocycles. The first-order valence-corrected chi connectivity index (χ1v) is 7.40. The van der Waals surface area contributed by atoms with E-state index in [0.717, 1.165) is 11.2 Å². The van der Waals surface area contributed by atoms with Crippen LogP contribution in [0, 0.1) is 0 Å². The van der Waals surface area contributed by atoms with Crippen molar-refractivity contribution in [2.45, 2.75) is 9.79 Å². The Morgan fingerprint density at radius 3 is 2.46 bits per heavy atom. The van der Waals surface area contributed by atoms with Gasteiger partial charge in [-0.05, 0) is 18.2 Å². The Hall–Kier alpha value is 0.160. The van der Waals surface area contributed by atoms with Gasteiger partial charge in [0.25, 0.3) is 0 Å². The van der Waals surface area contributed by atoms with Crippen LogP contribution in [0.25, 0.3) is 0 Å². The molecule has 2 nitrogen and oxygen atoms in total. The molecule has 1 rings (SSSR count). The van der Waals surface area contributed by atoms with Crippen molar-refractivity contribution in [3.05, 3.63) is 23.2 Å². The van der Waals surface area contributed by atoms with Crippen molar-refractivity contribution in [3.63, 3.8) is 0 Å². The fraction of sp³-hybridized carbons (Fsp3) is 0.143. The second-order valence-corrected chi connectivity index (χ2v) is 6.05. The minimum atomic E-state index is -3.17. The Bertz CT molecular complexity index is 414. The van der Waals surface area contributed by atoms with Gasteiger partial charge in [-0.25, -0.2) is 8.42 Å². The molecular formula is C7H7ClO2S3. The predicted molar refractivity (Wildman–Crippen MR) is 59.4 cm³/mol. The number of rotatable bonds is 2. The lowest BCUT2D eigenvalue weighted by atomic mass is 10.4. The Labute approximate surface area is 91.4 Å².